The van der Waals surface area contributed by atoms with Gasteiger partial charge in [-0.25, -0.2) is 0 Å². The van der Waals surface area contributed by atoms with E-state index in [0.717, 1.165) is 17.5 Å². The molecule has 0 radical (unpaired) electrons. The number of hydrogen-bond donors (Lipinski definition) is 0. The molecule has 0 saturated heterocycles. The standard InChI is InChI=1S/C19H19NO/c1-20(2)12-11-19(21)16-10-9-15-8-7-14-5-3-4-6-17(14)18(15)13-16/h3-10,13H,11-12H2,1-2H3. The Morgan fingerprint density at radius 1 is 0.905 bits per heavy atom. The lowest BCUT2D eigenvalue weighted by Crippen LogP contribution is -2.16. The van der Waals surface area contributed by atoms with Gasteiger partial charge < -0.3 is 4.90 Å². The summed E-state index contributed by atoms with van der Waals surface area (Å²) in [5.41, 5.74) is 0.806. The van der Waals surface area contributed by atoms with Crippen LogP contribution in [0.2, 0.25) is 0 Å². The van der Waals surface area contributed by atoms with E-state index in [1.54, 1.807) is 0 Å². The quantitative estimate of drug-likeness (QED) is 0.528. The Kier molecular flexibility index (Phi) is 3.72. The van der Waals surface area contributed by atoms with Crippen LogP contribution in [0.15, 0.2) is 54.6 Å². The van der Waals surface area contributed by atoms with Gasteiger partial charge in [0, 0.05) is 18.5 Å². The Labute approximate surface area is 125 Å². The van der Waals surface area contributed by atoms with Crippen LogP contribution in [0.3, 0.4) is 0 Å². The first kappa shape index (κ1) is 13.8. The molecule has 21 heavy (non-hydrogen) atoms. The highest BCUT2D eigenvalue weighted by Crippen LogP contribution is 2.26. The maximum atomic E-state index is 12.3. The van der Waals surface area contributed by atoms with Gasteiger partial charge in [-0.1, -0.05) is 48.5 Å². The second-order valence-corrected chi connectivity index (χ2v) is 5.70. The number of carbonyl (C=O) groups excluding carboxylic acids is 1. The van der Waals surface area contributed by atoms with Crippen LogP contribution in [0, 0.1) is 0 Å². The largest absolute Gasteiger partial charge is 0.309 e. The van der Waals surface area contributed by atoms with Crippen molar-refractivity contribution < 1.29 is 4.79 Å². The summed E-state index contributed by atoms with van der Waals surface area (Å²) in [6.45, 7) is 0.784. The first-order valence-electron chi connectivity index (χ1n) is 7.24. The number of Topliss-reactive ketones (excluding diaryl/α,β-unsaturated/α-hetero) is 1. The van der Waals surface area contributed by atoms with Crippen LogP contribution >= 0.6 is 0 Å². The maximum absolute atomic E-state index is 12.3. The number of ketones is 1. The molecular formula is C19H19NO. The predicted octanol–water partition coefficient (Wildman–Crippen LogP) is 4.13. The average Bonchev–Trinajstić information content (AvgIpc) is 2.52. The Morgan fingerprint density at radius 3 is 2.33 bits per heavy atom. The third kappa shape index (κ3) is 2.81. The smallest absolute Gasteiger partial charge is 0.164 e. The van der Waals surface area contributed by atoms with Gasteiger partial charge in [-0.2, -0.15) is 0 Å². The van der Waals surface area contributed by atoms with Crippen LogP contribution in [-0.2, 0) is 0 Å². The molecule has 0 aliphatic carbocycles. The van der Waals surface area contributed by atoms with Crippen molar-refractivity contribution in [1.29, 1.82) is 0 Å². The second-order valence-electron chi connectivity index (χ2n) is 5.70. The number of rotatable bonds is 4. The van der Waals surface area contributed by atoms with Gasteiger partial charge in [0.15, 0.2) is 5.78 Å². The van der Waals surface area contributed by atoms with Crippen molar-refractivity contribution in [1.82, 2.24) is 4.90 Å². The van der Waals surface area contributed by atoms with Crippen LogP contribution in [0.5, 0.6) is 0 Å². The average molecular weight is 277 g/mol. The first-order valence-corrected chi connectivity index (χ1v) is 7.24. The van der Waals surface area contributed by atoms with Crippen LogP contribution in [0.4, 0.5) is 0 Å². The number of benzene rings is 3. The van der Waals surface area contributed by atoms with E-state index in [-0.39, 0.29) is 5.78 Å². The van der Waals surface area contributed by atoms with Gasteiger partial charge in [0.25, 0.3) is 0 Å². The van der Waals surface area contributed by atoms with Gasteiger partial charge in [0.1, 0.15) is 0 Å². The molecule has 0 unspecified atom stereocenters. The molecule has 0 spiro atoms. The number of carbonyl (C=O) groups is 1. The van der Waals surface area contributed by atoms with Gasteiger partial charge in [-0.3, -0.25) is 4.79 Å². The molecule has 106 valence electrons. The minimum absolute atomic E-state index is 0.207. The molecule has 0 atom stereocenters. The molecule has 3 rings (SSSR count). The molecule has 2 heteroatoms. The van der Waals surface area contributed by atoms with E-state index in [9.17, 15) is 4.79 Å². The Balaban J connectivity index is 2.06. The van der Waals surface area contributed by atoms with Crippen molar-refractivity contribution in [3.05, 3.63) is 60.2 Å². The summed E-state index contributed by atoms with van der Waals surface area (Å²) >= 11 is 0. The predicted molar refractivity (Wildman–Crippen MR) is 89.0 cm³/mol. The van der Waals surface area contributed by atoms with E-state index in [0.29, 0.717) is 6.42 Å². The van der Waals surface area contributed by atoms with Crippen molar-refractivity contribution >= 4 is 27.3 Å². The summed E-state index contributed by atoms with van der Waals surface area (Å²) in [4.78, 5) is 14.3. The van der Waals surface area contributed by atoms with Crippen molar-refractivity contribution in [3.63, 3.8) is 0 Å². The molecule has 0 N–H and O–H groups in total. The lowest BCUT2D eigenvalue weighted by molar-refractivity contribution is 0.0972. The third-order valence-electron chi connectivity index (χ3n) is 3.85. The number of nitrogens with zero attached hydrogens (tertiary/aromatic N) is 1. The van der Waals surface area contributed by atoms with Gasteiger partial charge in [-0.15, -0.1) is 0 Å². The summed E-state index contributed by atoms with van der Waals surface area (Å²) < 4.78 is 0. The summed E-state index contributed by atoms with van der Waals surface area (Å²) in [5, 5.41) is 4.75. The van der Waals surface area contributed by atoms with E-state index in [2.05, 4.69) is 24.3 Å². The monoisotopic (exact) mass is 277 g/mol. The summed E-state index contributed by atoms with van der Waals surface area (Å²) in [5.74, 6) is 0.207. The summed E-state index contributed by atoms with van der Waals surface area (Å²) in [6, 6.07) is 18.6. The van der Waals surface area contributed by atoms with Crippen molar-refractivity contribution in [2.24, 2.45) is 0 Å². The highest BCUT2D eigenvalue weighted by atomic mass is 16.1. The normalized spacial score (nSPS) is 11.4. The van der Waals surface area contributed by atoms with Crippen LogP contribution < -0.4 is 0 Å². The van der Waals surface area contributed by atoms with E-state index < -0.39 is 0 Å². The SMILES string of the molecule is CN(C)CCC(=O)c1ccc2ccc3ccccc3c2c1. The van der Waals surface area contributed by atoms with Crippen molar-refractivity contribution in [2.45, 2.75) is 6.42 Å². The molecule has 0 heterocycles. The second kappa shape index (κ2) is 5.66. The molecule has 0 aliphatic rings. The molecule has 0 fully saturated rings. The topological polar surface area (TPSA) is 20.3 Å². The Bertz CT molecular complexity index is 805. The lowest BCUT2D eigenvalue weighted by Gasteiger charge is -2.09. The van der Waals surface area contributed by atoms with E-state index >= 15 is 0 Å². The van der Waals surface area contributed by atoms with Crippen LogP contribution in [0.1, 0.15) is 16.8 Å². The Hall–Kier alpha value is -2.19. The lowest BCUT2D eigenvalue weighted by atomic mass is 9.98. The molecule has 0 amide bonds. The highest BCUT2D eigenvalue weighted by molar-refractivity contribution is 6.10. The number of hydrogen-bond acceptors (Lipinski definition) is 2. The van der Waals surface area contributed by atoms with Gasteiger partial charge in [0.05, 0.1) is 0 Å². The van der Waals surface area contributed by atoms with Crippen LogP contribution in [0.25, 0.3) is 21.5 Å². The van der Waals surface area contributed by atoms with E-state index in [1.165, 1.54) is 16.2 Å². The molecule has 3 aromatic rings. The van der Waals surface area contributed by atoms with E-state index in [1.807, 2.05) is 49.3 Å². The zero-order valence-corrected chi connectivity index (χ0v) is 12.5. The minimum Gasteiger partial charge on any atom is -0.309 e. The molecule has 0 aromatic heterocycles. The zero-order valence-electron chi connectivity index (χ0n) is 12.5. The first-order chi connectivity index (χ1) is 10.1. The van der Waals surface area contributed by atoms with Crippen LogP contribution in [-0.4, -0.2) is 31.3 Å². The van der Waals surface area contributed by atoms with Crippen molar-refractivity contribution in [3.8, 4) is 0 Å². The third-order valence-corrected chi connectivity index (χ3v) is 3.85. The zero-order chi connectivity index (χ0) is 14.8. The minimum atomic E-state index is 0.207. The van der Waals surface area contributed by atoms with Crippen molar-refractivity contribution in [2.75, 3.05) is 20.6 Å². The fourth-order valence-corrected chi connectivity index (χ4v) is 2.64. The molecule has 3 aromatic carbocycles. The number of fused-ring (bicyclic) bond motifs is 3. The van der Waals surface area contributed by atoms with Gasteiger partial charge >= 0.3 is 0 Å². The van der Waals surface area contributed by atoms with E-state index in [4.69, 9.17) is 0 Å². The fraction of sp³-hybridized carbons (Fsp3) is 0.211. The molecule has 0 saturated carbocycles. The molecule has 0 aliphatic heterocycles. The fourth-order valence-electron chi connectivity index (χ4n) is 2.64. The molecule has 0 bridgehead atoms. The highest BCUT2D eigenvalue weighted by Gasteiger charge is 2.08. The van der Waals surface area contributed by atoms with Gasteiger partial charge in [-0.05, 0) is 41.7 Å². The molecule has 2 nitrogen and oxygen atoms in total. The summed E-state index contributed by atoms with van der Waals surface area (Å²) in [6.07, 6.45) is 0.559. The molecular weight excluding hydrogens is 258 g/mol. The Morgan fingerprint density at radius 2 is 1.57 bits per heavy atom. The maximum Gasteiger partial charge on any atom is 0.164 e. The van der Waals surface area contributed by atoms with Gasteiger partial charge in [0.2, 0.25) is 0 Å². The summed E-state index contributed by atoms with van der Waals surface area (Å²) in [7, 11) is 3.97.